The van der Waals surface area contributed by atoms with Crippen molar-refractivity contribution in [1.82, 2.24) is 20.0 Å². The average molecular weight is 686 g/mol. The molecule has 0 aliphatic carbocycles. The molecule has 2 aromatic carbocycles. The van der Waals surface area contributed by atoms with Crippen molar-refractivity contribution in [2.45, 2.75) is 50.1 Å². The maximum Gasteiger partial charge on any atom is 0.417 e. The molecule has 5 aromatic rings. The lowest BCUT2D eigenvalue weighted by Crippen LogP contribution is -2.43. The van der Waals surface area contributed by atoms with Gasteiger partial charge in [-0.15, -0.1) is 11.3 Å². The van der Waals surface area contributed by atoms with Crippen LogP contribution in [0.25, 0.3) is 32.1 Å². The van der Waals surface area contributed by atoms with E-state index >= 15 is 4.39 Å². The summed E-state index contributed by atoms with van der Waals surface area (Å²) < 4.78 is 102. The summed E-state index contributed by atoms with van der Waals surface area (Å²) in [4.78, 5) is 12.5. The van der Waals surface area contributed by atoms with Crippen molar-refractivity contribution < 1.29 is 35.6 Å². The third-order valence-corrected chi connectivity index (χ3v) is 10.7. The highest BCUT2D eigenvalue weighted by Gasteiger charge is 2.49. The zero-order valence-corrected chi connectivity index (χ0v) is 25.8. The van der Waals surface area contributed by atoms with Crippen LogP contribution < -0.4 is 15.4 Å². The van der Waals surface area contributed by atoms with Gasteiger partial charge in [0.15, 0.2) is 5.82 Å². The molecule has 248 valence electrons. The van der Waals surface area contributed by atoms with Crippen LogP contribution in [0.15, 0.2) is 28.9 Å². The highest BCUT2D eigenvalue weighted by Crippen LogP contribution is 2.48. The number of ether oxygens (including phenoxy) is 1. The van der Waals surface area contributed by atoms with Gasteiger partial charge in [-0.2, -0.15) is 28.4 Å². The van der Waals surface area contributed by atoms with Gasteiger partial charge >= 0.3 is 12.2 Å². The largest absolute Gasteiger partial charge is 0.461 e. The molecule has 0 unspecified atom stereocenters. The predicted molar refractivity (Wildman–Crippen MR) is 164 cm³/mol. The van der Waals surface area contributed by atoms with E-state index in [9.17, 15) is 27.2 Å². The van der Waals surface area contributed by atoms with E-state index in [1.165, 1.54) is 6.20 Å². The molecule has 3 aliphatic rings. The molecule has 2 saturated heterocycles. The Kier molecular flexibility index (Phi) is 7.01. The number of alkyl halides is 4. The first kappa shape index (κ1) is 30.7. The second-order valence-electron chi connectivity index (χ2n) is 12.4. The summed E-state index contributed by atoms with van der Waals surface area (Å²) in [5.74, 6) is -1.56. The lowest BCUT2D eigenvalue weighted by Gasteiger charge is -2.31. The number of hydrogen-bond acceptors (Lipinski definition) is 10. The third kappa shape index (κ3) is 4.73. The van der Waals surface area contributed by atoms with Crippen molar-refractivity contribution in [3.8, 4) is 23.2 Å². The zero-order chi connectivity index (χ0) is 33.5. The Morgan fingerprint density at radius 2 is 2.04 bits per heavy atom. The number of aromatic nitrogens is 3. The van der Waals surface area contributed by atoms with Crippen LogP contribution in [0.1, 0.15) is 41.7 Å². The van der Waals surface area contributed by atoms with E-state index in [-0.39, 0.29) is 76.1 Å². The fourth-order valence-corrected chi connectivity index (χ4v) is 8.41. The molecule has 0 spiro atoms. The van der Waals surface area contributed by atoms with E-state index in [1.807, 2.05) is 11.0 Å². The second kappa shape index (κ2) is 11.0. The molecule has 2 fully saturated rings. The van der Waals surface area contributed by atoms with Gasteiger partial charge in [0.05, 0.1) is 27.6 Å². The van der Waals surface area contributed by atoms with Crippen molar-refractivity contribution in [2.24, 2.45) is 0 Å². The van der Waals surface area contributed by atoms with E-state index in [0.717, 1.165) is 24.6 Å². The summed E-state index contributed by atoms with van der Waals surface area (Å²) in [6.07, 6.45) is -2.50. The van der Waals surface area contributed by atoms with Gasteiger partial charge in [0, 0.05) is 54.4 Å². The Balaban J connectivity index is 1.35. The fourth-order valence-electron chi connectivity index (χ4n) is 7.46. The van der Waals surface area contributed by atoms with Crippen LogP contribution >= 0.6 is 11.3 Å². The number of nitrogens with zero attached hydrogens (tertiary/aromatic N) is 6. The van der Waals surface area contributed by atoms with Gasteiger partial charge in [0.25, 0.3) is 0 Å². The smallest absolute Gasteiger partial charge is 0.417 e. The van der Waals surface area contributed by atoms with Crippen LogP contribution in [0, 0.1) is 23.0 Å². The Morgan fingerprint density at radius 3 is 2.83 bits per heavy atom. The average Bonchev–Trinajstić information content (AvgIpc) is 3.81. The maximum absolute atomic E-state index is 17.0. The molecular formula is C32H25F6N7O2S. The van der Waals surface area contributed by atoms with Gasteiger partial charge in [-0.25, -0.2) is 13.2 Å². The number of nitriles is 1. The molecule has 0 radical (unpaired) electrons. The van der Waals surface area contributed by atoms with Crippen molar-refractivity contribution >= 4 is 43.1 Å². The number of halogens is 6. The van der Waals surface area contributed by atoms with E-state index < -0.39 is 46.2 Å². The molecule has 6 heterocycles. The molecule has 0 amide bonds. The summed E-state index contributed by atoms with van der Waals surface area (Å²) in [6.45, 7) is 1.39. The monoisotopic (exact) mass is 685 g/mol. The van der Waals surface area contributed by atoms with Crippen LogP contribution in [0.2, 0.25) is 0 Å². The van der Waals surface area contributed by atoms with E-state index in [2.05, 4.69) is 15.1 Å². The minimum atomic E-state index is -5.09. The first-order valence-electron chi connectivity index (χ1n) is 15.2. The van der Waals surface area contributed by atoms with Gasteiger partial charge in [0.2, 0.25) is 0 Å². The molecule has 2 atom stereocenters. The molecule has 3 aromatic heterocycles. The standard InChI is InChI=1S/C32H25F6N7O2S/c33-16-9-31(5-1-6-45(31)13-16)14-46-30-42-26-18(29(43-30)44-7-4-22-15(12-44)11-41-47-22)8-20(32(36,37)38)24(25(26)35)17-2-3-21(34)27-23(17)19(10-39)28(40)48-27/h2-3,8,11,16H,1,4-7,9,12-14,40H2/t16-,31+/m1/s1. The summed E-state index contributed by atoms with van der Waals surface area (Å²) in [7, 11) is 0. The summed E-state index contributed by atoms with van der Waals surface area (Å²) in [5, 5.41) is 13.0. The number of nitrogens with two attached hydrogens (primary N) is 1. The first-order chi connectivity index (χ1) is 23.0. The van der Waals surface area contributed by atoms with Crippen molar-refractivity contribution in [1.29, 1.82) is 5.26 Å². The van der Waals surface area contributed by atoms with Gasteiger partial charge in [-0.3, -0.25) is 4.90 Å². The molecule has 3 aliphatic heterocycles. The molecule has 9 nitrogen and oxygen atoms in total. The number of fused-ring (bicyclic) bond motifs is 4. The molecular weight excluding hydrogens is 660 g/mol. The lowest BCUT2D eigenvalue weighted by atomic mass is 9.92. The quantitative estimate of drug-likeness (QED) is 0.200. The number of anilines is 2. The van der Waals surface area contributed by atoms with Crippen molar-refractivity contribution in [3.05, 3.63) is 58.5 Å². The maximum atomic E-state index is 17.0. The Hall–Kier alpha value is -4.62. The van der Waals surface area contributed by atoms with Crippen molar-refractivity contribution in [3.63, 3.8) is 0 Å². The van der Waals surface area contributed by atoms with Crippen LogP contribution in [-0.2, 0) is 19.1 Å². The van der Waals surface area contributed by atoms with E-state index in [1.54, 1.807) is 4.90 Å². The number of nitrogen functional groups attached to an aromatic ring is 1. The predicted octanol–water partition coefficient (Wildman–Crippen LogP) is 6.77. The van der Waals surface area contributed by atoms with Crippen LogP contribution in [0.3, 0.4) is 0 Å². The SMILES string of the molecule is N#Cc1c(N)sc2c(F)ccc(-c3c(C(F)(F)F)cc4c(N5CCc6oncc6C5)nc(OC[C@@]56CCCN5C[C@H](F)C6)nc4c3F)c12. The van der Waals surface area contributed by atoms with Gasteiger partial charge in [0.1, 0.15) is 46.8 Å². The van der Waals surface area contributed by atoms with Crippen LogP contribution in [-0.4, -0.2) is 58.0 Å². The topological polar surface area (TPSA) is 117 Å². The molecule has 2 N–H and O–H groups in total. The Morgan fingerprint density at radius 1 is 1.21 bits per heavy atom. The van der Waals surface area contributed by atoms with Gasteiger partial charge in [-0.1, -0.05) is 11.2 Å². The molecule has 48 heavy (non-hydrogen) atoms. The van der Waals surface area contributed by atoms with E-state index in [4.69, 9.17) is 15.0 Å². The Bertz CT molecular complexity index is 2160. The van der Waals surface area contributed by atoms with Crippen molar-refractivity contribution in [2.75, 3.05) is 36.9 Å². The number of thiophene rings is 1. The highest BCUT2D eigenvalue weighted by molar-refractivity contribution is 7.23. The number of benzene rings is 2. The summed E-state index contributed by atoms with van der Waals surface area (Å²) in [6, 6.07) is 4.22. The molecule has 8 rings (SSSR count). The summed E-state index contributed by atoms with van der Waals surface area (Å²) in [5.41, 5.74) is 2.66. The second-order valence-corrected chi connectivity index (χ2v) is 13.5. The number of hydrogen-bond donors (Lipinski definition) is 1. The minimum Gasteiger partial charge on any atom is -0.461 e. The van der Waals surface area contributed by atoms with E-state index in [0.29, 0.717) is 42.0 Å². The first-order valence-corrected chi connectivity index (χ1v) is 16.0. The zero-order valence-electron chi connectivity index (χ0n) is 25.0. The fraction of sp³-hybridized carbons (Fsp3) is 0.375. The molecule has 16 heteroatoms. The molecule has 0 saturated carbocycles. The summed E-state index contributed by atoms with van der Waals surface area (Å²) >= 11 is 0.687. The third-order valence-electron chi connectivity index (χ3n) is 9.63. The normalized spacial score (nSPS) is 21.2. The number of rotatable bonds is 5. The molecule has 0 bridgehead atoms. The highest BCUT2D eigenvalue weighted by atomic mass is 32.1. The Labute approximate surface area is 272 Å². The van der Waals surface area contributed by atoms with Gasteiger partial charge < -0.3 is 19.9 Å². The van der Waals surface area contributed by atoms with Gasteiger partial charge in [-0.05, 0) is 37.1 Å². The van der Waals surface area contributed by atoms with Crippen LogP contribution in [0.5, 0.6) is 6.01 Å². The minimum absolute atomic E-state index is 0.00156. The van der Waals surface area contributed by atoms with Crippen LogP contribution in [0.4, 0.5) is 37.2 Å². The lowest BCUT2D eigenvalue weighted by molar-refractivity contribution is -0.137.